The van der Waals surface area contributed by atoms with Crippen molar-refractivity contribution in [1.82, 2.24) is 0 Å². The molecule has 0 radical (unpaired) electrons. The molecule has 3 heteroatoms. The van der Waals surface area contributed by atoms with Crippen molar-refractivity contribution in [2.24, 2.45) is 5.92 Å². The van der Waals surface area contributed by atoms with Crippen LogP contribution in [0.3, 0.4) is 0 Å². The van der Waals surface area contributed by atoms with Gasteiger partial charge < -0.3 is 4.74 Å². The molecular formula is C15H20ClFO. The minimum absolute atomic E-state index is 0.206. The van der Waals surface area contributed by atoms with E-state index in [1.54, 1.807) is 19.2 Å². The third kappa shape index (κ3) is 2.97. The Hall–Kier alpha value is -0.760. The van der Waals surface area contributed by atoms with Crippen LogP contribution < -0.4 is 4.74 Å². The van der Waals surface area contributed by atoms with Crippen molar-refractivity contribution in [3.05, 3.63) is 29.6 Å². The van der Waals surface area contributed by atoms with Gasteiger partial charge in [0.15, 0.2) is 0 Å². The molecule has 1 aliphatic rings. The Labute approximate surface area is 113 Å². The molecule has 18 heavy (non-hydrogen) atoms. The SMILES string of the molecule is COc1ccc(F)cc1C(CCl)C1CCCCC1. The van der Waals surface area contributed by atoms with Crippen LogP contribution in [0.4, 0.5) is 4.39 Å². The Morgan fingerprint density at radius 1 is 1.33 bits per heavy atom. The molecule has 0 bridgehead atoms. The van der Waals surface area contributed by atoms with Crippen LogP contribution in [0.15, 0.2) is 18.2 Å². The summed E-state index contributed by atoms with van der Waals surface area (Å²) >= 11 is 6.14. The summed E-state index contributed by atoms with van der Waals surface area (Å²) in [6.45, 7) is 0. The molecule has 1 aliphatic carbocycles. The summed E-state index contributed by atoms with van der Waals surface area (Å²) in [5.41, 5.74) is 0.930. The van der Waals surface area contributed by atoms with Gasteiger partial charge in [-0.1, -0.05) is 19.3 Å². The van der Waals surface area contributed by atoms with Crippen molar-refractivity contribution in [3.63, 3.8) is 0 Å². The smallest absolute Gasteiger partial charge is 0.123 e. The molecule has 0 saturated heterocycles. The molecule has 0 heterocycles. The predicted octanol–water partition coefficient (Wildman–Crippen LogP) is 4.74. The maximum Gasteiger partial charge on any atom is 0.123 e. The summed E-state index contributed by atoms with van der Waals surface area (Å²) in [5, 5.41) is 0. The first-order chi connectivity index (χ1) is 8.76. The molecule has 1 nitrogen and oxygen atoms in total. The van der Waals surface area contributed by atoms with Crippen LogP contribution in [-0.2, 0) is 0 Å². The maximum absolute atomic E-state index is 13.4. The third-order valence-electron chi connectivity index (χ3n) is 3.98. The fraction of sp³-hybridized carbons (Fsp3) is 0.600. The van der Waals surface area contributed by atoms with Gasteiger partial charge in [-0.3, -0.25) is 0 Å². The Kier molecular flexibility index (Phi) is 4.87. The van der Waals surface area contributed by atoms with E-state index in [0.717, 1.165) is 11.3 Å². The van der Waals surface area contributed by atoms with Crippen molar-refractivity contribution in [1.29, 1.82) is 0 Å². The van der Waals surface area contributed by atoms with Gasteiger partial charge in [-0.05, 0) is 37.0 Å². The average molecular weight is 271 g/mol. The van der Waals surface area contributed by atoms with Gasteiger partial charge in [0.25, 0.3) is 0 Å². The molecule has 100 valence electrons. The zero-order valence-electron chi connectivity index (χ0n) is 10.8. The number of halogens is 2. The van der Waals surface area contributed by atoms with Gasteiger partial charge in [-0.15, -0.1) is 11.6 Å². The summed E-state index contributed by atoms with van der Waals surface area (Å²) < 4.78 is 18.8. The molecule has 1 atom stereocenters. The standard InChI is InChI=1S/C15H20ClFO/c1-18-15-8-7-12(17)9-13(15)14(10-16)11-5-3-2-4-6-11/h7-9,11,14H,2-6,10H2,1H3. The molecule has 1 aromatic carbocycles. The second-order valence-electron chi connectivity index (χ2n) is 5.05. The maximum atomic E-state index is 13.4. The quantitative estimate of drug-likeness (QED) is 0.718. The normalized spacial score (nSPS) is 18.6. The number of benzene rings is 1. The van der Waals surface area contributed by atoms with E-state index in [9.17, 15) is 4.39 Å². The van der Waals surface area contributed by atoms with Crippen molar-refractivity contribution in [2.45, 2.75) is 38.0 Å². The van der Waals surface area contributed by atoms with Crippen molar-refractivity contribution in [2.75, 3.05) is 13.0 Å². The van der Waals surface area contributed by atoms with Gasteiger partial charge >= 0.3 is 0 Å². The topological polar surface area (TPSA) is 9.23 Å². The molecule has 1 saturated carbocycles. The number of rotatable bonds is 4. The second kappa shape index (κ2) is 6.42. The van der Waals surface area contributed by atoms with Crippen LogP contribution in [0.1, 0.15) is 43.6 Å². The zero-order valence-corrected chi connectivity index (χ0v) is 11.5. The van der Waals surface area contributed by atoms with E-state index in [-0.39, 0.29) is 11.7 Å². The highest BCUT2D eigenvalue weighted by Gasteiger charge is 2.26. The molecule has 1 unspecified atom stereocenters. The van der Waals surface area contributed by atoms with Gasteiger partial charge in [0.05, 0.1) is 7.11 Å². The molecular weight excluding hydrogens is 251 g/mol. The summed E-state index contributed by atoms with van der Waals surface area (Å²) in [7, 11) is 1.63. The third-order valence-corrected chi connectivity index (χ3v) is 4.31. The van der Waals surface area contributed by atoms with E-state index in [0.29, 0.717) is 11.8 Å². The van der Waals surface area contributed by atoms with Crippen LogP contribution in [0.5, 0.6) is 5.75 Å². The molecule has 0 N–H and O–H groups in total. The van der Waals surface area contributed by atoms with Crippen molar-refractivity contribution in [3.8, 4) is 5.75 Å². The van der Waals surface area contributed by atoms with E-state index in [2.05, 4.69) is 0 Å². The highest BCUT2D eigenvalue weighted by atomic mass is 35.5. The van der Waals surface area contributed by atoms with Gasteiger partial charge in [-0.2, -0.15) is 0 Å². The lowest BCUT2D eigenvalue weighted by Gasteiger charge is -2.30. The number of hydrogen-bond donors (Lipinski definition) is 0. The number of ether oxygens (including phenoxy) is 1. The van der Waals surface area contributed by atoms with Crippen molar-refractivity contribution >= 4 is 11.6 Å². The lowest BCUT2D eigenvalue weighted by molar-refractivity contribution is 0.310. The number of hydrogen-bond acceptors (Lipinski definition) is 1. The highest BCUT2D eigenvalue weighted by Crippen LogP contribution is 2.40. The predicted molar refractivity (Wildman–Crippen MR) is 73.0 cm³/mol. The van der Waals surface area contributed by atoms with E-state index in [1.165, 1.54) is 38.2 Å². The molecule has 0 aromatic heterocycles. The molecule has 0 spiro atoms. The molecule has 2 rings (SSSR count). The number of methoxy groups -OCH3 is 1. The van der Waals surface area contributed by atoms with Gasteiger partial charge in [0.1, 0.15) is 11.6 Å². The van der Waals surface area contributed by atoms with Crippen LogP contribution in [-0.4, -0.2) is 13.0 Å². The van der Waals surface area contributed by atoms with Crippen LogP contribution in [0.25, 0.3) is 0 Å². The van der Waals surface area contributed by atoms with Crippen molar-refractivity contribution < 1.29 is 9.13 Å². The largest absolute Gasteiger partial charge is 0.496 e. The van der Waals surface area contributed by atoms with Gasteiger partial charge in [0, 0.05) is 17.4 Å². The van der Waals surface area contributed by atoms with Crippen LogP contribution >= 0.6 is 11.6 Å². The number of alkyl halides is 1. The fourth-order valence-corrected chi connectivity index (χ4v) is 3.41. The monoisotopic (exact) mass is 270 g/mol. The lowest BCUT2D eigenvalue weighted by Crippen LogP contribution is -2.18. The first-order valence-corrected chi connectivity index (χ1v) is 7.19. The fourth-order valence-electron chi connectivity index (χ4n) is 2.99. The first kappa shape index (κ1) is 13.7. The van der Waals surface area contributed by atoms with E-state index < -0.39 is 0 Å². The Balaban J connectivity index is 2.27. The molecule has 0 aliphatic heterocycles. The molecule has 0 amide bonds. The Morgan fingerprint density at radius 2 is 2.06 bits per heavy atom. The lowest BCUT2D eigenvalue weighted by atomic mass is 9.77. The summed E-state index contributed by atoms with van der Waals surface area (Å²) in [5.74, 6) is 1.85. The Bertz CT molecular complexity index is 388. The Morgan fingerprint density at radius 3 is 2.67 bits per heavy atom. The minimum atomic E-state index is -0.211. The van der Waals surface area contributed by atoms with Gasteiger partial charge in [0.2, 0.25) is 0 Å². The van der Waals surface area contributed by atoms with E-state index in [1.807, 2.05) is 0 Å². The summed E-state index contributed by atoms with van der Waals surface area (Å²) in [4.78, 5) is 0. The second-order valence-corrected chi connectivity index (χ2v) is 5.35. The first-order valence-electron chi connectivity index (χ1n) is 6.65. The van der Waals surface area contributed by atoms with E-state index >= 15 is 0 Å². The molecule has 1 aromatic rings. The van der Waals surface area contributed by atoms with Crippen LogP contribution in [0, 0.1) is 11.7 Å². The van der Waals surface area contributed by atoms with Crippen LogP contribution in [0.2, 0.25) is 0 Å². The molecule has 1 fully saturated rings. The summed E-state index contributed by atoms with van der Waals surface area (Å²) in [6.07, 6.45) is 6.21. The van der Waals surface area contributed by atoms with E-state index in [4.69, 9.17) is 16.3 Å². The minimum Gasteiger partial charge on any atom is -0.496 e. The highest BCUT2D eigenvalue weighted by molar-refractivity contribution is 6.18. The average Bonchev–Trinajstić information content (AvgIpc) is 2.41. The zero-order chi connectivity index (χ0) is 13.0. The van der Waals surface area contributed by atoms with Gasteiger partial charge in [-0.25, -0.2) is 4.39 Å². The summed E-state index contributed by atoms with van der Waals surface area (Å²) in [6, 6.07) is 4.72.